The molecule has 0 aliphatic rings. The van der Waals surface area contributed by atoms with Gasteiger partial charge in [-0.25, -0.2) is 9.89 Å². The van der Waals surface area contributed by atoms with Crippen molar-refractivity contribution < 1.29 is 9.53 Å². The highest BCUT2D eigenvalue weighted by atomic mass is 16.5. The molecule has 94 valence electrons. The Kier molecular flexibility index (Phi) is 3.42. The van der Waals surface area contributed by atoms with Crippen LogP contribution >= 0.6 is 0 Å². The summed E-state index contributed by atoms with van der Waals surface area (Å²) >= 11 is 0. The Hall–Kier alpha value is -2.57. The van der Waals surface area contributed by atoms with Crippen LogP contribution in [0.1, 0.15) is 16.2 Å². The molecule has 3 N–H and O–H groups in total. The van der Waals surface area contributed by atoms with Crippen molar-refractivity contribution in [3.63, 3.8) is 0 Å². The predicted molar refractivity (Wildman–Crippen MR) is 63.4 cm³/mol. The van der Waals surface area contributed by atoms with Crippen LogP contribution in [-0.4, -0.2) is 28.2 Å². The molecule has 0 bridgehead atoms. The van der Waals surface area contributed by atoms with Gasteiger partial charge in [-0.2, -0.15) is 0 Å². The summed E-state index contributed by atoms with van der Waals surface area (Å²) in [5.74, 6) is 0.231. The molecule has 0 aliphatic heterocycles. The summed E-state index contributed by atoms with van der Waals surface area (Å²) in [4.78, 5) is 24.6. The molecule has 0 radical (unpaired) electrons. The van der Waals surface area contributed by atoms with E-state index in [9.17, 15) is 9.59 Å². The zero-order valence-corrected chi connectivity index (χ0v) is 9.69. The molecule has 0 fully saturated rings. The van der Waals surface area contributed by atoms with E-state index in [2.05, 4.69) is 20.5 Å². The molecule has 0 spiro atoms. The average Bonchev–Trinajstić information content (AvgIpc) is 2.83. The van der Waals surface area contributed by atoms with E-state index in [1.807, 2.05) is 24.3 Å². The largest absolute Gasteiger partial charge is 0.497 e. The summed E-state index contributed by atoms with van der Waals surface area (Å²) < 4.78 is 5.07. The van der Waals surface area contributed by atoms with E-state index in [1.54, 1.807) is 7.11 Å². The molecule has 2 rings (SSSR count). The summed E-state index contributed by atoms with van der Waals surface area (Å²) in [6.07, 6.45) is 0. The molecule has 7 nitrogen and oxygen atoms in total. The van der Waals surface area contributed by atoms with E-state index in [0.717, 1.165) is 11.3 Å². The molecule has 7 heteroatoms. The van der Waals surface area contributed by atoms with Crippen LogP contribution in [0.15, 0.2) is 29.1 Å². The number of H-pyrrole nitrogens is 2. The van der Waals surface area contributed by atoms with E-state index < -0.39 is 11.6 Å². The summed E-state index contributed by atoms with van der Waals surface area (Å²) in [7, 11) is 1.58. The van der Waals surface area contributed by atoms with Crippen molar-refractivity contribution in [2.75, 3.05) is 7.11 Å². The van der Waals surface area contributed by atoms with Crippen molar-refractivity contribution in [3.05, 3.63) is 46.1 Å². The van der Waals surface area contributed by atoms with Crippen LogP contribution in [0.3, 0.4) is 0 Å². The maximum atomic E-state index is 11.6. The lowest BCUT2D eigenvalue weighted by molar-refractivity contribution is 0.0941. The Bertz CT molecular complexity index is 602. The van der Waals surface area contributed by atoms with Gasteiger partial charge in [-0.15, -0.1) is 5.10 Å². The van der Waals surface area contributed by atoms with Gasteiger partial charge in [0.25, 0.3) is 5.91 Å². The van der Waals surface area contributed by atoms with Crippen LogP contribution in [0.4, 0.5) is 0 Å². The number of rotatable bonds is 4. The Balaban J connectivity index is 1.99. The van der Waals surface area contributed by atoms with Gasteiger partial charge in [-0.05, 0) is 17.7 Å². The van der Waals surface area contributed by atoms with E-state index >= 15 is 0 Å². The third-order valence-electron chi connectivity index (χ3n) is 2.30. The van der Waals surface area contributed by atoms with E-state index in [1.165, 1.54) is 0 Å². The fourth-order valence-electron chi connectivity index (χ4n) is 1.43. The number of nitrogens with zero attached hydrogens (tertiary/aromatic N) is 1. The first-order valence-electron chi connectivity index (χ1n) is 5.25. The molecule has 0 saturated carbocycles. The lowest BCUT2D eigenvalue weighted by Crippen LogP contribution is -2.24. The molecule has 1 amide bonds. The zero-order chi connectivity index (χ0) is 13.0. The minimum Gasteiger partial charge on any atom is -0.497 e. The first kappa shape index (κ1) is 11.9. The molecule has 1 aromatic heterocycles. The first-order chi connectivity index (χ1) is 8.69. The summed E-state index contributed by atoms with van der Waals surface area (Å²) in [6, 6.07) is 7.32. The molecular formula is C11H12N4O3. The number of benzene rings is 1. The van der Waals surface area contributed by atoms with Gasteiger partial charge < -0.3 is 10.1 Å². The van der Waals surface area contributed by atoms with Gasteiger partial charge in [0.1, 0.15) is 5.75 Å². The second-order valence-electron chi connectivity index (χ2n) is 3.56. The predicted octanol–water partition coefficient (Wildman–Crippen LogP) is 0.0366. The van der Waals surface area contributed by atoms with Gasteiger partial charge in [0.2, 0.25) is 5.82 Å². The lowest BCUT2D eigenvalue weighted by Gasteiger charge is -2.05. The quantitative estimate of drug-likeness (QED) is 0.711. The second-order valence-corrected chi connectivity index (χ2v) is 3.56. The fraction of sp³-hybridized carbons (Fsp3) is 0.182. The van der Waals surface area contributed by atoms with Gasteiger partial charge in [0.05, 0.1) is 7.11 Å². The standard InChI is InChI=1S/C11H12N4O3/c1-18-8-4-2-3-7(5-8)6-12-10(16)9-13-11(17)15-14-9/h2-5H,6H2,1H3,(H,12,16)(H2,13,14,15,17). The van der Waals surface area contributed by atoms with E-state index in [0.29, 0.717) is 6.54 Å². The highest BCUT2D eigenvalue weighted by molar-refractivity contribution is 5.90. The van der Waals surface area contributed by atoms with E-state index in [-0.39, 0.29) is 5.82 Å². The molecule has 18 heavy (non-hydrogen) atoms. The number of carbonyl (C=O) groups is 1. The van der Waals surface area contributed by atoms with Gasteiger partial charge >= 0.3 is 5.69 Å². The van der Waals surface area contributed by atoms with Crippen LogP contribution in [0, 0.1) is 0 Å². The highest BCUT2D eigenvalue weighted by Crippen LogP contribution is 2.12. The number of ether oxygens (including phenoxy) is 1. The SMILES string of the molecule is COc1cccc(CNC(=O)c2n[nH]c(=O)[nH]2)c1. The monoisotopic (exact) mass is 248 g/mol. The van der Waals surface area contributed by atoms with Gasteiger partial charge in [-0.3, -0.25) is 9.78 Å². The highest BCUT2D eigenvalue weighted by Gasteiger charge is 2.09. The Morgan fingerprint density at radius 1 is 1.50 bits per heavy atom. The van der Waals surface area contributed by atoms with Crippen LogP contribution in [-0.2, 0) is 6.54 Å². The van der Waals surface area contributed by atoms with Crippen molar-refractivity contribution in [1.82, 2.24) is 20.5 Å². The van der Waals surface area contributed by atoms with Gasteiger partial charge in [-0.1, -0.05) is 12.1 Å². The van der Waals surface area contributed by atoms with Crippen molar-refractivity contribution >= 4 is 5.91 Å². The van der Waals surface area contributed by atoms with Crippen LogP contribution in [0.25, 0.3) is 0 Å². The smallest absolute Gasteiger partial charge is 0.341 e. The first-order valence-corrected chi connectivity index (χ1v) is 5.25. The van der Waals surface area contributed by atoms with Crippen LogP contribution in [0.2, 0.25) is 0 Å². The van der Waals surface area contributed by atoms with Gasteiger partial charge in [0.15, 0.2) is 0 Å². The third kappa shape index (κ3) is 2.76. The number of hydrogen-bond donors (Lipinski definition) is 3. The normalized spacial score (nSPS) is 10.1. The third-order valence-corrected chi connectivity index (χ3v) is 2.30. The number of carbonyl (C=O) groups excluding carboxylic acids is 1. The Labute approximate surface area is 102 Å². The average molecular weight is 248 g/mol. The lowest BCUT2D eigenvalue weighted by atomic mass is 10.2. The van der Waals surface area contributed by atoms with Crippen molar-refractivity contribution in [2.45, 2.75) is 6.54 Å². The summed E-state index contributed by atoms with van der Waals surface area (Å²) in [6.45, 7) is 0.324. The molecule has 0 atom stereocenters. The topological polar surface area (TPSA) is 99.9 Å². The number of amides is 1. The van der Waals surface area contributed by atoms with Gasteiger partial charge in [0, 0.05) is 6.54 Å². The Morgan fingerprint density at radius 2 is 2.33 bits per heavy atom. The number of methoxy groups -OCH3 is 1. The fourth-order valence-corrected chi connectivity index (χ4v) is 1.43. The molecule has 1 heterocycles. The van der Waals surface area contributed by atoms with Crippen molar-refractivity contribution in [2.24, 2.45) is 0 Å². The van der Waals surface area contributed by atoms with Crippen molar-refractivity contribution in [3.8, 4) is 5.75 Å². The minimum absolute atomic E-state index is 0.0390. The summed E-state index contributed by atoms with van der Waals surface area (Å²) in [5, 5.41) is 8.29. The zero-order valence-electron chi connectivity index (χ0n) is 9.69. The van der Waals surface area contributed by atoms with E-state index in [4.69, 9.17) is 4.74 Å². The minimum atomic E-state index is -0.512. The number of hydrogen-bond acceptors (Lipinski definition) is 4. The molecule has 0 aliphatic carbocycles. The molecule has 0 saturated heterocycles. The summed E-state index contributed by atoms with van der Waals surface area (Å²) in [5.41, 5.74) is 0.377. The molecule has 2 aromatic rings. The molecule has 0 unspecified atom stereocenters. The van der Waals surface area contributed by atoms with Crippen LogP contribution in [0.5, 0.6) is 5.75 Å². The number of aromatic nitrogens is 3. The second kappa shape index (κ2) is 5.17. The maximum absolute atomic E-state index is 11.6. The Morgan fingerprint density at radius 3 is 3.00 bits per heavy atom. The van der Waals surface area contributed by atoms with Crippen molar-refractivity contribution in [1.29, 1.82) is 0 Å². The molecule has 1 aromatic carbocycles. The van der Waals surface area contributed by atoms with Crippen LogP contribution < -0.4 is 15.7 Å². The number of aromatic amines is 2. The molecular weight excluding hydrogens is 236 g/mol. The number of nitrogens with one attached hydrogen (secondary N) is 3. The maximum Gasteiger partial charge on any atom is 0.341 e.